The molecule has 0 radical (unpaired) electrons. The van der Waals surface area contributed by atoms with Crippen LogP contribution in [0.2, 0.25) is 5.02 Å². The molecule has 1 atom stereocenters. The third-order valence-corrected chi connectivity index (χ3v) is 9.95. The molecule has 9 nitrogen and oxygen atoms in total. The van der Waals surface area contributed by atoms with E-state index in [1.54, 1.807) is 4.90 Å². The highest BCUT2D eigenvalue weighted by molar-refractivity contribution is 6.30. The molecule has 1 aromatic heterocycles. The number of hydrogen-bond acceptors (Lipinski definition) is 6. The van der Waals surface area contributed by atoms with Gasteiger partial charge >= 0.3 is 6.09 Å². The van der Waals surface area contributed by atoms with Crippen LogP contribution in [0.5, 0.6) is 0 Å². The number of halogens is 1. The average Bonchev–Trinajstić information content (AvgIpc) is 3.56. The molecule has 10 heteroatoms. The van der Waals surface area contributed by atoms with Crippen molar-refractivity contribution in [2.45, 2.75) is 121 Å². The van der Waals surface area contributed by atoms with Gasteiger partial charge < -0.3 is 24.4 Å². The van der Waals surface area contributed by atoms with Gasteiger partial charge in [0, 0.05) is 74.8 Å². The largest absolute Gasteiger partial charge is 0.444 e. The lowest BCUT2D eigenvalue weighted by atomic mass is 9.91. The van der Waals surface area contributed by atoms with E-state index in [9.17, 15) is 9.59 Å². The van der Waals surface area contributed by atoms with Crippen molar-refractivity contribution in [3.8, 4) is 0 Å². The monoisotopic (exact) mass is 640 g/mol. The molecule has 2 aliphatic heterocycles. The fraction of sp³-hybridized carbons (Fsp3) is 0.686. The van der Waals surface area contributed by atoms with Crippen molar-refractivity contribution >= 4 is 23.6 Å². The van der Waals surface area contributed by atoms with Crippen molar-refractivity contribution in [2.24, 2.45) is 0 Å². The molecular formula is C35H53ClN6O3. The number of carbonyl (C=O) groups is 2. The quantitative estimate of drug-likeness (QED) is 0.356. The second-order valence-corrected chi connectivity index (χ2v) is 14.6. The van der Waals surface area contributed by atoms with Crippen LogP contribution in [0, 0.1) is 0 Å². The molecule has 45 heavy (non-hydrogen) atoms. The Morgan fingerprint density at radius 3 is 2.22 bits per heavy atom. The molecule has 1 N–H and O–H groups in total. The van der Waals surface area contributed by atoms with Gasteiger partial charge in [0.2, 0.25) is 5.91 Å². The zero-order valence-corrected chi connectivity index (χ0v) is 28.3. The Morgan fingerprint density at radius 1 is 0.956 bits per heavy atom. The maximum atomic E-state index is 14.2. The Labute approximate surface area is 274 Å². The molecule has 0 bridgehead atoms. The van der Waals surface area contributed by atoms with Gasteiger partial charge in [0.25, 0.3) is 0 Å². The van der Waals surface area contributed by atoms with Gasteiger partial charge in [-0.05, 0) is 83.4 Å². The van der Waals surface area contributed by atoms with E-state index in [1.807, 2.05) is 57.6 Å². The predicted octanol–water partition coefficient (Wildman–Crippen LogP) is 5.76. The highest BCUT2D eigenvalue weighted by atomic mass is 35.5. The summed E-state index contributed by atoms with van der Waals surface area (Å²) in [5.41, 5.74) is 0.581. The van der Waals surface area contributed by atoms with Crippen LogP contribution in [-0.4, -0.2) is 98.7 Å². The van der Waals surface area contributed by atoms with Gasteiger partial charge in [-0.1, -0.05) is 43.0 Å². The second kappa shape index (κ2) is 15.8. The van der Waals surface area contributed by atoms with Crippen LogP contribution in [0.1, 0.15) is 84.1 Å². The van der Waals surface area contributed by atoms with Crippen LogP contribution in [0.25, 0.3) is 0 Å². The minimum absolute atomic E-state index is 0.160. The van der Waals surface area contributed by atoms with E-state index in [1.165, 1.54) is 32.1 Å². The van der Waals surface area contributed by atoms with Gasteiger partial charge in [0.05, 0.1) is 12.4 Å². The normalized spacial score (nSPS) is 20.0. The lowest BCUT2D eigenvalue weighted by Crippen LogP contribution is -2.57. The van der Waals surface area contributed by atoms with Crippen LogP contribution in [0.3, 0.4) is 0 Å². The Hall–Kier alpha value is -2.62. The minimum Gasteiger partial charge on any atom is -0.444 e. The van der Waals surface area contributed by atoms with Gasteiger partial charge in [-0.15, -0.1) is 0 Å². The number of piperidine rings is 2. The molecule has 2 aromatic rings. The van der Waals surface area contributed by atoms with E-state index < -0.39 is 5.60 Å². The van der Waals surface area contributed by atoms with E-state index in [4.69, 9.17) is 16.3 Å². The number of carbonyl (C=O) groups excluding carboxylic acids is 2. The summed E-state index contributed by atoms with van der Waals surface area (Å²) in [6.45, 7) is 10.5. The first kappa shape index (κ1) is 33.7. The molecule has 1 saturated carbocycles. The summed E-state index contributed by atoms with van der Waals surface area (Å²) in [5, 5.41) is 4.42. The van der Waals surface area contributed by atoms with Crippen molar-refractivity contribution in [1.29, 1.82) is 0 Å². The Balaban J connectivity index is 1.20. The number of benzene rings is 1. The van der Waals surface area contributed by atoms with Gasteiger partial charge in [-0.2, -0.15) is 0 Å². The highest BCUT2D eigenvalue weighted by Gasteiger charge is 2.35. The number of ether oxygens (including phenoxy) is 1. The Morgan fingerprint density at radius 2 is 1.60 bits per heavy atom. The standard InChI is InChI=1S/C35H53ClN6O3/c1-35(2,3)45-34(44)41-18-13-29(14-19-41)38-32(25-27-9-11-28(36)12-10-27)33(43)40-20-15-31(16-21-40)42(30-7-5-4-6-8-30)24-23-39-22-17-37-26-39/h9-12,17,22,26,29-32,38H,4-8,13-16,18-21,23-25H2,1-3H3/t32-/m1/s1. The van der Waals surface area contributed by atoms with Gasteiger partial charge in [-0.25, -0.2) is 9.78 Å². The van der Waals surface area contributed by atoms with Crippen molar-refractivity contribution < 1.29 is 14.3 Å². The molecule has 2 saturated heterocycles. The topological polar surface area (TPSA) is 82.9 Å². The molecule has 3 fully saturated rings. The van der Waals surface area contributed by atoms with Crippen LogP contribution in [0.4, 0.5) is 4.79 Å². The lowest BCUT2D eigenvalue weighted by Gasteiger charge is -2.44. The van der Waals surface area contributed by atoms with Gasteiger partial charge in [0.1, 0.15) is 5.60 Å². The Kier molecular flexibility index (Phi) is 11.8. The first-order valence-corrected chi connectivity index (χ1v) is 17.5. The van der Waals surface area contributed by atoms with E-state index in [0.717, 1.165) is 57.4 Å². The SMILES string of the molecule is CC(C)(C)OC(=O)N1CCC(N[C@H](Cc2ccc(Cl)cc2)C(=O)N2CCC(N(CCn3ccnc3)C3CCCCC3)CC2)CC1. The smallest absolute Gasteiger partial charge is 0.410 e. The summed E-state index contributed by atoms with van der Waals surface area (Å²) in [6.07, 6.45) is 16.3. The molecule has 1 aromatic carbocycles. The van der Waals surface area contributed by atoms with E-state index in [2.05, 4.69) is 30.9 Å². The van der Waals surface area contributed by atoms with E-state index >= 15 is 0 Å². The Bertz CT molecular complexity index is 1190. The van der Waals surface area contributed by atoms with Gasteiger partial charge in [-0.3, -0.25) is 9.69 Å². The van der Waals surface area contributed by atoms with E-state index in [0.29, 0.717) is 36.6 Å². The molecule has 0 spiro atoms. The summed E-state index contributed by atoms with van der Waals surface area (Å²) in [5.74, 6) is 0.181. The summed E-state index contributed by atoms with van der Waals surface area (Å²) >= 11 is 6.17. The molecular weight excluding hydrogens is 588 g/mol. The van der Waals surface area contributed by atoms with Crippen molar-refractivity contribution in [3.05, 3.63) is 53.6 Å². The van der Waals surface area contributed by atoms with Crippen LogP contribution in [-0.2, 0) is 22.5 Å². The zero-order chi connectivity index (χ0) is 31.8. The number of rotatable bonds is 10. The molecule has 2 amide bonds. The van der Waals surface area contributed by atoms with Crippen LogP contribution >= 0.6 is 11.6 Å². The number of hydrogen-bond donors (Lipinski definition) is 1. The number of amides is 2. The molecule has 248 valence electrons. The maximum absolute atomic E-state index is 14.2. The van der Waals surface area contributed by atoms with Crippen LogP contribution < -0.4 is 5.32 Å². The first-order chi connectivity index (χ1) is 21.6. The van der Waals surface area contributed by atoms with Crippen LogP contribution in [0.15, 0.2) is 43.0 Å². The molecule has 5 rings (SSSR count). The number of aromatic nitrogens is 2. The van der Waals surface area contributed by atoms with Crippen molar-refractivity contribution in [2.75, 3.05) is 32.7 Å². The molecule has 3 aliphatic rings. The third kappa shape index (κ3) is 9.93. The number of nitrogens with zero attached hydrogens (tertiary/aromatic N) is 5. The third-order valence-electron chi connectivity index (χ3n) is 9.70. The maximum Gasteiger partial charge on any atom is 0.410 e. The predicted molar refractivity (Wildman–Crippen MR) is 178 cm³/mol. The number of nitrogens with one attached hydrogen (secondary N) is 1. The summed E-state index contributed by atoms with van der Waals surface area (Å²) in [6, 6.07) is 8.80. The average molecular weight is 641 g/mol. The minimum atomic E-state index is -0.511. The fourth-order valence-corrected chi connectivity index (χ4v) is 7.40. The molecule has 3 heterocycles. The first-order valence-electron chi connectivity index (χ1n) is 17.1. The molecule has 1 aliphatic carbocycles. The van der Waals surface area contributed by atoms with Crippen molar-refractivity contribution in [1.82, 2.24) is 29.6 Å². The zero-order valence-electron chi connectivity index (χ0n) is 27.5. The van der Waals surface area contributed by atoms with Crippen molar-refractivity contribution in [3.63, 3.8) is 0 Å². The van der Waals surface area contributed by atoms with Gasteiger partial charge in [0.15, 0.2) is 0 Å². The molecule has 0 unspecified atom stereocenters. The number of likely N-dealkylation sites (tertiary alicyclic amines) is 2. The number of imidazole rings is 1. The van der Waals surface area contributed by atoms with E-state index in [-0.39, 0.29) is 24.1 Å². The second-order valence-electron chi connectivity index (χ2n) is 14.2. The lowest BCUT2D eigenvalue weighted by molar-refractivity contribution is -0.135. The summed E-state index contributed by atoms with van der Waals surface area (Å²) in [4.78, 5) is 37.6. The highest BCUT2D eigenvalue weighted by Crippen LogP contribution is 2.28. The summed E-state index contributed by atoms with van der Waals surface area (Å²) < 4.78 is 7.77. The summed E-state index contributed by atoms with van der Waals surface area (Å²) in [7, 11) is 0. The fourth-order valence-electron chi connectivity index (χ4n) is 7.28.